The van der Waals surface area contributed by atoms with Crippen LogP contribution in [0.5, 0.6) is 5.75 Å². The second-order valence-electron chi connectivity index (χ2n) is 6.55. The van der Waals surface area contributed by atoms with Crippen molar-refractivity contribution in [2.75, 3.05) is 11.9 Å². The Hall–Kier alpha value is -2.73. The van der Waals surface area contributed by atoms with Crippen LogP contribution in [0.4, 0.5) is 10.5 Å². The Labute approximate surface area is 164 Å². The lowest BCUT2D eigenvalue weighted by Gasteiger charge is -2.27. The number of amides is 2. The Morgan fingerprint density at radius 3 is 2.67 bits per heavy atom. The minimum atomic E-state index is -0.648. The number of benzene rings is 2. The van der Waals surface area contributed by atoms with Crippen LogP contribution >= 0.6 is 11.6 Å². The van der Waals surface area contributed by atoms with Crippen LogP contribution in [0.25, 0.3) is 0 Å². The van der Waals surface area contributed by atoms with Crippen molar-refractivity contribution >= 4 is 29.0 Å². The van der Waals surface area contributed by atoms with Gasteiger partial charge in [-0.2, -0.15) is 0 Å². The molecule has 3 N–H and O–H groups in total. The highest BCUT2D eigenvalue weighted by Crippen LogP contribution is 2.28. The number of ether oxygens (including phenoxy) is 1. The van der Waals surface area contributed by atoms with Gasteiger partial charge in [-0.3, -0.25) is 0 Å². The summed E-state index contributed by atoms with van der Waals surface area (Å²) < 4.78 is 5.44. The van der Waals surface area contributed by atoms with Gasteiger partial charge in [0.25, 0.3) is 0 Å². The second-order valence-corrected chi connectivity index (χ2v) is 6.96. The molecule has 27 heavy (non-hydrogen) atoms. The molecule has 7 heteroatoms. The maximum atomic E-state index is 12.5. The molecule has 0 radical (unpaired) electrons. The van der Waals surface area contributed by atoms with Crippen LogP contribution in [0.1, 0.15) is 38.8 Å². The van der Waals surface area contributed by atoms with Crippen molar-refractivity contribution in [2.24, 2.45) is 5.16 Å². The molecule has 0 bridgehead atoms. The number of hydrogen-bond acceptors (Lipinski definition) is 4. The van der Waals surface area contributed by atoms with E-state index in [-0.39, 0.29) is 6.03 Å². The van der Waals surface area contributed by atoms with Crippen molar-refractivity contribution in [3.8, 4) is 5.75 Å². The molecule has 0 saturated carbocycles. The normalized spacial score (nSPS) is 11.8. The van der Waals surface area contributed by atoms with Gasteiger partial charge in [0, 0.05) is 11.8 Å². The van der Waals surface area contributed by atoms with Crippen LogP contribution in [0.2, 0.25) is 5.02 Å². The number of halogens is 1. The maximum absolute atomic E-state index is 12.5. The van der Waals surface area contributed by atoms with Gasteiger partial charge in [-0.15, -0.1) is 0 Å². The zero-order valence-electron chi connectivity index (χ0n) is 15.8. The van der Waals surface area contributed by atoms with Gasteiger partial charge in [-0.25, -0.2) is 4.79 Å². The fourth-order valence-electron chi connectivity index (χ4n) is 2.56. The first-order valence-electron chi connectivity index (χ1n) is 8.58. The fraction of sp³-hybridized carbons (Fsp3) is 0.300. The molecule has 0 heterocycles. The summed E-state index contributed by atoms with van der Waals surface area (Å²) in [7, 11) is 0. The summed E-state index contributed by atoms with van der Waals surface area (Å²) in [5.74, 6) is 0.516. The van der Waals surface area contributed by atoms with Gasteiger partial charge in [0.15, 0.2) is 0 Å². The first-order chi connectivity index (χ1) is 12.8. The lowest BCUT2D eigenvalue weighted by molar-refractivity contribution is 0.242. The minimum Gasteiger partial charge on any atom is -0.492 e. The van der Waals surface area contributed by atoms with Crippen LogP contribution in [0.15, 0.2) is 47.6 Å². The van der Waals surface area contributed by atoms with Crippen molar-refractivity contribution in [2.45, 2.75) is 33.2 Å². The highest BCUT2D eigenvalue weighted by atomic mass is 35.5. The average Bonchev–Trinajstić information content (AvgIpc) is 2.63. The summed E-state index contributed by atoms with van der Waals surface area (Å²) in [4.78, 5) is 12.5. The molecule has 2 aromatic rings. The predicted octanol–water partition coefficient (Wildman–Crippen LogP) is 4.99. The van der Waals surface area contributed by atoms with E-state index in [1.165, 1.54) is 0 Å². The molecule has 2 aromatic carbocycles. The molecule has 0 atom stereocenters. The summed E-state index contributed by atoms with van der Waals surface area (Å²) >= 11 is 6.07. The summed E-state index contributed by atoms with van der Waals surface area (Å²) in [6.07, 6.45) is 0. The van der Waals surface area contributed by atoms with E-state index in [4.69, 9.17) is 21.5 Å². The largest absolute Gasteiger partial charge is 0.492 e. The van der Waals surface area contributed by atoms with Crippen molar-refractivity contribution < 1.29 is 14.7 Å². The molecular weight excluding hydrogens is 366 g/mol. The third-order valence-electron chi connectivity index (χ3n) is 4.07. The molecule has 2 rings (SSSR count). The first kappa shape index (κ1) is 20.6. The molecule has 0 aromatic heterocycles. The summed E-state index contributed by atoms with van der Waals surface area (Å²) in [5.41, 5.74) is 2.09. The van der Waals surface area contributed by atoms with Crippen LogP contribution in [0, 0.1) is 0 Å². The van der Waals surface area contributed by atoms with Gasteiger partial charge in [0.05, 0.1) is 22.9 Å². The quantitative estimate of drug-likeness (QED) is 0.369. The number of carbonyl (C=O) groups excluding carboxylic acids is 1. The van der Waals surface area contributed by atoms with Crippen LogP contribution in [0.3, 0.4) is 0 Å². The van der Waals surface area contributed by atoms with E-state index in [0.717, 1.165) is 11.1 Å². The third-order valence-corrected chi connectivity index (χ3v) is 4.38. The Kier molecular flexibility index (Phi) is 6.69. The lowest BCUT2D eigenvalue weighted by Crippen LogP contribution is -2.43. The number of carbonyl (C=O) groups is 1. The second kappa shape index (κ2) is 8.77. The molecule has 144 valence electrons. The molecule has 2 amide bonds. The van der Waals surface area contributed by atoms with E-state index < -0.39 is 5.54 Å². The van der Waals surface area contributed by atoms with Gasteiger partial charge in [-0.05, 0) is 57.0 Å². The van der Waals surface area contributed by atoms with E-state index in [9.17, 15) is 4.79 Å². The van der Waals surface area contributed by atoms with Crippen LogP contribution < -0.4 is 15.4 Å². The number of hydrogen-bond donors (Lipinski definition) is 3. The Morgan fingerprint density at radius 2 is 2.00 bits per heavy atom. The van der Waals surface area contributed by atoms with E-state index in [0.29, 0.717) is 28.8 Å². The molecule has 0 fully saturated rings. The number of anilines is 1. The van der Waals surface area contributed by atoms with Crippen LogP contribution in [-0.4, -0.2) is 23.6 Å². The molecule has 0 spiro atoms. The van der Waals surface area contributed by atoms with Gasteiger partial charge in [0.1, 0.15) is 5.75 Å². The molecule has 0 aliphatic carbocycles. The fourth-order valence-corrected chi connectivity index (χ4v) is 2.73. The number of rotatable bonds is 6. The zero-order valence-corrected chi connectivity index (χ0v) is 16.6. The Balaban J connectivity index is 2.13. The number of nitrogens with zero attached hydrogens (tertiary/aromatic N) is 1. The molecular formula is C20H24ClN3O3. The topological polar surface area (TPSA) is 83.0 Å². The van der Waals surface area contributed by atoms with E-state index in [2.05, 4.69) is 15.8 Å². The molecule has 0 saturated heterocycles. The van der Waals surface area contributed by atoms with E-state index in [1.54, 1.807) is 25.1 Å². The summed E-state index contributed by atoms with van der Waals surface area (Å²) in [5, 5.41) is 18.4. The van der Waals surface area contributed by atoms with Crippen LogP contribution in [-0.2, 0) is 5.54 Å². The van der Waals surface area contributed by atoms with Crippen molar-refractivity contribution in [1.82, 2.24) is 5.32 Å². The monoisotopic (exact) mass is 389 g/mol. The highest BCUT2D eigenvalue weighted by molar-refractivity contribution is 6.32. The van der Waals surface area contributed by atoms with E-state index >= 15 is 0 Å². The van der Waals surface area contributed by atoms with Gasteiger partial charge >= 0.3 is 6.03 Å². The van der Waals surface area contributed by atoms with Crippen molar-refractivity contribution in [3.63, 3.8) is 0 Å². The number of urea groups is 1. The number of nitrogens with one attached hydrogen (secondary N) is 2. The van der Waals surface area contributed by atoms with Gasteiger partial charge < -0.3 is 20.6 Å². The summed E-state index contributed by atoms with van der Waals surface area (Å²) in [6, 6.07) is 12.2. The lowest BCUT2D eigenvalue weighted by atomic mass is 9.92. The van der Waals surface area contributed by atoms with Gasteiger partial charge in [0.2, 0.25) is 0 Å². The first-order valence-corrected chi connectivity index (χ1v) is 8.95. The molecule has 0 aliphatic heterocycles. The molecule has 6 nitrogen and oxygen atoms in total. The highest BCUT2D eigenvalue weighted by Gasteiger charge is 2.23. The Morgan fingerprint density at radius 1 is 1.26 bits per heavy atom. The Bertz CT molecular complexity index is 850. The smallest absolute Gasteiger partial charge is 0.319 e. The minimum absolute atomic E-state index is 0.359. The van der Waals surface area contributed by atoms with E-state index in [1.807, 2.05) is 45.0 Å². The average molecular weight is 390 g/mol. The standard InChI is InChI=1S/C20H24ClN3O3/c1-5-27-18-12-16(9-10-17(18)21)22-19(25)23-20(3,4)15-8-6-7-14(11-15)13(2)24-26/h6-12,26H,5H2,1-4H3,(H2,22,23,25)/b24-13+. The predicted molar refractivity (Wildman–Crippen MR) is 108 cm³/mol. The zero-order chi connectivity index (χ0) is 20.0. The molecule has 0 unspecified atom stereocenters. The summed E-state index contributed by atoms with van der Waals surface area (Å²) in [6.45, 7) is 7.84. The third kappa shape index (κ3) is 5.37. The van der Waals surface area contributed by atoms with Gasteiger partial charge in [-0.1, -0.05) is 35.0 Å². The van der Waals surface area contributed by atoms with Crippen molar-refractivity contribution in [3.05, 3.63) is 58.6 Å². The maximum Gasteiger partial charge on any atom is 0.319 e. The number of oxime groups is 1. The molecule has 0 aliphatic rings. The SMILES string of the molecule is CCOc1cc(NC(=O)NC(C)(C)c2cccc(/C(C)=N/O)c2)ccc1Cl. The van der Waals surface area contributed by atoms with Crippen molar-refractivity contribution in [1.29, 1.82) is 0 Å².